The van der Waals surface area contributed by atoms with Gasteiger partial charge in [0.05, 0.1) is 24.3 Å². The molecule has 1 aromatic rings. The Balaban J connectivity index is 1.63. The summed E-state index contributed by atoms with van der Waals surface area (Å²) in [7, 11) is 0. The van der Waals surface area contributed by atoms with Gasteiger partial charge >= 0.3 is 0 Å². The van der Waals surface area contributed by atoms with Crippen LogP contribution in [0.15, 0.2) is 18.2 Å². The normalized spacial score (nSPS) is 26.8. The molecule has 1 aromatic carbocycles. The summed E-state index contributed by atoms with van der Waals surface area (Å²) in [5, 5.41) is 0. The van der Waals surface area contributed by atoms with Gasteiger partial charge in [-0.3, -0.25) is 4.79 Å². The highest BCUT2D eigenvalue weighted by Crippen LogP contribution is 2.30. The molecule has 0 saturated carbocycles. The van der Waals surface area contributed by atoms with Gasteiger partial charge in [0.25, 0.3) is 5.91 Å². The molecule has 1 amide bonds. The van der Waals surface area contributed by atoms with Gasteiger partial charge < -0.3 is 19.4 Å². The maximum absolute atomic E-state index is 13.6. The second-order valence-corrected chi connectivity index (χ2v) is 7.87. The lowest BCUT2D eigenvalue weighted by molar-refractivity contribution is -0.0895. The summed E-state index contributed by atoms with van der Waals surface area (Å²) >= 11 is 0. The number of morpholine rings is 1. The van der Waals surface area contributed by atoms with Crippen LogP contribution in [0.2, 0.25) is 0 Å². The van der Waals surface area contributed by atoms with Crippen molar-refractivity contribution in [3.05, 3.63) is 29.3 Å². The second-order valence-electron chi connectivity index (χ2n) is 7.87. The summed E-state index contributed by atoms with van der Waals surface area (Å²) in [6.07, 6.45) is 3.65. The molecule has 0 aromatic heterocycles. The van der Waals surface area contributed by atoms with Crippen molar-refractivity contribution >= 4 is 11.6 Å². The molecular formula is C21H31N3O2. The van der Waals surface area contributed by atoms with E-state index < -0.39 is 0 Å². The fourth-order valence-corrected chi connectivity index (χ4v) is 4.69. The average Bonchev–Trinajstić information content (AvgIpc) is 3.21. The van der Waals surface area contributed by atoms with Crippen LogP contribution in [0, 0.1) is 6.92 Å². The number of carbonyl (C=O) groups is 1. The molecule has 0 spiro atoms. The first-order chi connectivity index (χ1) is 12.7. The Bertz CT molecular complexity index is 657. The number of likely N-dealkylation sites (N-methyl/N-ethyl adjacent to an activating group) is 1. The number of rotatable bonds is 3. The molecule has 0 N–H and O–H groups in total. The highest BCUT2D eigenvalue weighted by Gasteiger charge is 2.39. The van der Waals surface area contributed by atoms with Gasteiger partial charge in [0.15, 0.2) is 0 Å². The molecule has 0 unspecified atom stereocenters. The lowest BCUT2D eigenvalue weighted by atomic mass is 9.97. The van der Waals surface area contributed by atoms with Gasteiger partial charge in [0.1, 0.15) is 0 Å². The zero-order valence-electron chi connectivity index (χ0n) is 16.1. The summed E-state index contributed by atoms with van der Waals surface area (Å²) in [5.41, 5.74) is 3.14. The molecule has 26 heavy (non-hydrogen) atoms. The Hall–Kier alpha value is -1.59. The average molecular weight is 357 g/mol. The van der Waals surface area contributed by atoms with Crippen molar-refractivity contribution in [3.8, 4) is 0 Å². The van der Waals surface area contributed by atoms with E-state index >= 15 is 0 Å². The SMILES string of the molecule is CCN1CC[C@H]2OCCN(C(=O)c3cc(C)ccc3N3CCCC3)[C@H]2C1. The smallest absolute Gasteiger partial charge is 0.256 e. The number of carbonyl (C=O) groups excluding carboxylic acids is 1. The lowest BCUT2D eigenvalue weighted by Crippen LogP contribution is -2.61. The van der Waals surface area contributed by atoms with Crippen LogP contribution in [-0.4, -0.2) is 73.7 Å². The van der Waals surface area contributed by atoms with Gasteiger partial charge in [-0.05, 0) is 44.9 Å². The number of fused-ring (bicyclic) bond motifs is 1. The Labute approximate surface area is 156 Å². The van der Waals surface area contributed by atoms with Gasteiger partial charge in [-0.15, -0.1) is 0 Å². The number of aryl methyl sites for hydroxylation is 1. The quantitative estimate of drug-likeness (QED) is 0.833. The van der Waals surface area contributed by atoms with E-state index in [9.17, 15) is 4.79 Å². The van der Waals surface area contributed by atoms with Crippen molar-refractivity contribution in [1.29, 1.82) is 0 Å². The van der Waals surface area contributed by atoms with Gasteiger partial charge in [-0.1, -0.05) is 18.6 Å². The van der Waals surface area contributed by atoms with Crippen LogP contribution < -0.4 is 4.90 Å². The standard InChI is InChI=1S/C21H31N3O2/c1-3-22-11-8-20-19(15-22)24(12-13-26-20)21(25)17-14-16(2)6-7-18(17)23-9-4-5-10-23/h6-7,14,19-20H,3-5,8-13,15H2,1-2H3/t19-,20+/m0/s1. The van der Waals surface area contributed by atoms with Crippen LogP contribution in [0.1, 0.15) is 42.1 Å². The van der Waals surface area contributed by atoms with Crippen molar-refractivity contribution in [2.45, 2.75) is 45.3 Å². The van der Waals surface area contributed by atoms with E-state index in [4.69, 9.17) is 4.74 Å². The molecule has 0 aliphatic carbocycles. The maximum atomic E-state index is 13.6. The Morgan fingerprint density at radius 3 is 2.77 bits per heavy atom. The molecule has 3 aliphatic heterocycles. The third kappa shape index (κ3) is 3.35. The number of amides is 1. The molecule has 4 rings (SSSR count). The number of nitrogens with zero attached hydrogens (tertiary/aromatic N) is 3. The number of likely N-dealkylation sites (tertiary alicyclic amines) is 1. The number of anilines is 1. The third-order valence-corrected chi connectivity index (χ3v) is 6.21. The minimum Gasteiger partial charge on any atom is -0.374 e. The number of hydrogen-bond acceptors (Lipinski definition) is 4. The Morgan fingerprint density at radius 2 is 2.00 bits per heavy atom. The molecule has 0 bridgehead atoms. The van der Waals surface area contributed by atoms with E-state index in [1.165, 1.54) is 12.8 Å². The van der Waals surface area contributed by atoms with Crippen molar-refractivity contribution < 1.29 is 9.53 Å². The lowest BCUT2D eigenvalue weighted by Gasteiger charge is -2.47. The van der Waals surface area contributed by atoms with Crippen molar-refractivity contribution in [1.82, 2.24) is 9.80 Å². The molecule has 3 fully saturated rings. The van der Waals surface area contributed by atoms with Crippen molar-refractivity contribution in [2.24, 2.45) is 0 Å². The molecule has 3 saturated heterocycles. The Morgan fingerprint density at radius 1 is 1.19 bits per heavy atom. The highest BCUT2D eigenvalue weighted by molar-refractivity contribution is 6.00. The van der Waals surface area contributed by atoms with Crippen LogP contribution >= 0.6 is 0 Å². The third-order valence-electron chi connectivity index (χ3n) is 6.21. The largest absolute Gasteiger partial charge is 0.374 e. The zero-order chi connectivity index (χ0) is 18.1. The molecule has 0 radical (unpaired) electrons. The van der Waals surface area contributed by atoms with Gasteiger partial charge in [-0.25, -0.2) is 0 Å². The summed E-state index contributed by atoms with van der Waals surface area (Å²) in [6.45, 7) is 10.8. The first-order valence-electron chi connectivity index (χ1n) is 10.2. The van der Waals surface area contributed by atoms with Crippen LogP contribution in [0.4, 0.5) is 5.69 Å². The second kappa shape index (κ2) is 7.57. The maximum Gasteiger partial charge on any atom is 0.256 e. The van der Waals surface area contributed by atoms with Crippen LogP contribution in [0.5, 0.6) is 0 Å². The van der Waals surface area contributed by atoms with E-state index in [-0.39, 0.29) is 18.1 Å². The first-order valence-corrected chi connectivity index (χ1v) is 10.2. The molecule has 3 heterocycles. The first kappa shape index (κ1) is 17.8. The number of piperidine rings is 1. The Kier molecular flexibility index (Phi) is 5.18. The van der Waals surface area contributed by atoms with Gasteiger partial charge in [0.2, 0.25) is 0 Å². The van der Waals surface area contributed by atoms with Crippen molar-refractivity contribution in [2.75, 3.05) is 50.8 Å². The van der Waals surface area contributed by atoms with Crippen LogP contribution in [0.3, 0.4) is 0 Å². The van der Waals surface area contributed by atoms with Crippen molar-refractivity contribution in [3.63, 3.8) is 0 Å². The van der Waals surface area contributed by atoms with Gasteiger partial charge in [-0.2, -0.15) is 0 Å². The van der Waals surface area contributed by atoms with E-state index in [0.717, 1.165) is 56.0 Å². The zero-order valence-corrected chi connectivity index (χ0v) is 16.1. The summed E-state index contributed by atoms with van der Waals surface area (Å²) in [6, 6.07) is 6.54. The summed E-state index contributed by atoms with van der Waals surface area (Å²) in [5.74, 6) is 0.187. The number of ether oxygens (including phenoxy) is 1. The number of benzene rings is 1. The molecule has 5 nitrogen and oxygen atoms in total. The fourth-order valence-electron chi connectivity index (χ4n) is 4.69. The van der Waals surface area contributed by atoms with E-state index in [1.807, 2.05) is 0 Å². The summed E-state index contributed by atoms with van der Waals surface area (Å²) in [4.78, 5) is 20.5. The monoisotopic (exact) mass is 357 g/mol. The molecule has 5 heteroatoms. The predicted molar refractivity (Wildman–Crippen MR) is 104 cm³/mol. The molecule has 3 aliphatic rings. The fraction of sp³-hybridized carbons (Fsp3) is 0.667. The van der Waals surface area contributed by atoms with E-state index in [2.05, 4.69) is 46.7 Å². The molecule has 2 atom stereocenters. The summed E-state index contributed by atoms with van der Waals surface area (Å²) < 4.78 is 6.01. The topological polar surface area (TPSA) is 36.0 Å². The molecular weight excluding hydrogens is 326 g/mol. The highest BCUT2D eigenvalue weighted by atomic mass is 16.5. The number of hydrogen-bond donors (Lipinski definition) is 0. The van der Waals surface area contributed by atoms with Gasteiger partial charge in [0, 0.05) is 38.4 Å². The van der Waals surface area contributed by atoms with Crippen LogP contribution in [0.25, 0.3) is 0 Å². The van der Waals surface area contributed by atoms with Crippen LogP contribution in [-0.2, 0) is 4.74 Å². The van der Waals surface area contributed by atoms with E-state index in [1.54, 1.807) is 0 Å². The molecule has 142 valence electrons. The van der Waals surface area contributed by atoms with E-state index in [0.29, 0.717) is 13.2 Å². The minimum atomic E-state index is 0.178. The minimum absolute atomic E-state index is 0.178. The predicted octanol–water partition coefficient (Wildman–Crippen LogP) is 2.53.